The first-order valence-corrected chi connectivity index (χ1v) is 21.7. The van der Waals surface area contributed by atoms with Gasteiger partial charge in [-0.3, -0.25) is 0 Å². The molecule has 2 rings (SSSR count). The van der Waals surface area contributed by atoms with Gasteiger partial charge < -0.3 is 31.1 Å². The van der Waals surface area contributed by atoms with Crippen LogP contribution in [0.4, 0.5) is 21.0 Å². The Hall–Kier alpha value is -3.10. The van der Waals surface area contributed by atoms with E-state index in [1.54, 1.807) is 0 Å². The molecule has 2 aromatic carbocycles. The molecule has 300 valence electrons. The van der Waals surface area contributed by atoms with Crippen LogP contribution in [0.2, 0.25) is 0 Å². The summed E-state index contributed by atoms with van der Waals surface area (Å²) in [6.07, 6.45) is 23.0. The molecule has 0 heterocycles. The summed E-state index contributed by atoms with van der Waals surface area (Å²) < 4.78 is 0. The Morgan fingerprint density at radius 2 is 0.792 bits per heavy atom. The topological polar surface area (TPSA) is 88.7 Å². The molecule has 4 amide bonds. The number of anilines is 2. The number of carbonyl (C=O) groups is 2. The van der Waals surface area contributed by atoms with Crippen molar-refractivity contribution < 1.29 is 9.59 Å². The van der Waals surface area contributed by atoms with Crippen LogP contribution in [-0.2, 0) is 6.42 Å². The van der Waals surface area contributed by atoms with Crippen molar-refractivity contribution in [3.8, 4) is 0 Å². The first-order chi connectivity index (χ1) is 26.0. The number of carbonyl (C=O) groups excluding carboxylic acids is 2. The lowest BCUT2D eigenvalue weighted by Crippen LogP contribution is -2.31. The first-order valence-electron chi connectivity index (χ1n) is 21.7. The number of unbranched alkanes of at least 4 members (excludes halogenated alkanes) is 12. The summed E-state index contributed by atoms with van der Waals surface area (Å²) in [6, 6.07) is 15.7. The number of nitrogens with zero attached hydrogens (tertiary/aromatic N) is 2. The highest BCUT2D eigenvalue weighted by molar-refractivity contribution is 5.89. The summed E-state index contributed by atoms with van der Waals surface area (Å²) in [5.74, 6) is 0. The molecule has 0 aliphatic rings. The van der Waals surface area contributed by atoms with Crippen molar-refractivity contribution >= 4 is 23.4 Å². The van der Waals surface area contributed by atoms with E-state index in [4.69, 9.17) is 0 Å². The van der Waals surface area contributed by atoms with Crippen LogP contribution in [0.3, 0.4) is 0 Å². The molecule has 0 radical (unpaired) electrons. The number of rotatable bonds is 32. The molecule has 0 saturated carbocycles. The Kier molecular flexibility index (Phi) is 27.2. The van der Waals surface area contributed by atoms with Gasteiger partial charge in [-0.25, -0.2) is 9.59 Å². The summed E-state index contributed by atoms with van der Waals surface area (Å²) >= 11 is 0. The Labute approximate surface area is 325 Å². The molecule has 8 nitrogen and oxygen atoms in total. The predicted molar refractivity (Wildman–Crippen MR) is 228 cm³/mol. The minimum atomic E-state index is -0.162. The third kappa shape index (κ3) is 24.0. The van der Waals surface area contributed by atoms with Gasteiger partial charge in [0.05, 0.1) is 0 Å². The highest BCUT2D eigenvalue weighted by Crippen LogP contribution is 2.18. The van der Waals surface area contributed by atoms with Crippen LogP contribution >= 0.6 is 0 Å². The minimum absolute atomic E-state index is 0.162. The highest BCUT2D eigenvalue weighted by atomic mass is 16.2. The van der Waals surface area contributed by atoms with Gasteiger partial charge in [-0.2, -0.15) is 0 Å². The fraction of sp³-hybridized carbons (Fsp3) is 0.689. The van der Waals surface area contributed by atoms with Crippen molar-refractivity contribution in [2.45, 2.75) is 150 Å². The van der Waals surface area contributed by atoms with Gasteiger partial charge in [-0.1, -0.05) is 116 Å². The zero-order valence-corrected chi connectivity index (χ0v) is 34.4. The summed E-state index contributed by atoms with van der Waals surface area (Å²) in [5, 5.41) is 12.1. The summed E-state index contributed by atoms with van der Waals surface area (Å²) in [5.41, 5.74) is 3.76. The maximum Gasteiger partial charge on any atom is 0.319 e. The summed E-state index contributed by atoms with van der Waals surface area (Å²) in [4.78, 5) is 30.6. The molecule has 0 unspecified atom stereocenters. The molecule has 4 N–H and O–H groups in total. The van der Waals surface area contributed by atoms with E-state index in [0.717, 1.165) is 61.3 Å². The second-order valence-electron chi connectivity index (χ2n) is 15.0. The molecule has 0 aromatic heterocycles. The molecule has 0 fully saturated rings. The smallest absolute Gasteiger partial charge is 0.319 e. The van der Waals surface area contributed by atoms with Crippen LogP contribution in [0.5, 0.6) is 0 Å². The Bertz CT molecular complexity index is 1120. The number of nitrogens with one attached hydrogen (secondary N) is 4. The maximum absolute atomic E-state index is 12.7. The lowest BCUT2D eigenvalue weighted by atomic mass is 10.0. The van der Waals surface area contributed by atoms with Gasteiger partial charge in [-0.05, 0) is 132 Å². The standard InChI is InChI=1S/C45H78N6O2/c1-5-9-13-19-33-50(31-17-11-7-3)35-21-15-29-46-44(52)48-42-27-23-25-40(38-42)37-41-26-24-28-43(39-41)49-45(53)47-30-16-22-36-51(32-18-12-8-4)34-20-14-10-6-2/h23-28,38-39H,5-22,29-37H2,1-4H3,(H2,46,48,52)(H2,47,49,53). The minimum Gasteiger partial charge on any atom is -0.338 e. The lowest BCUT2D eigenvalue weighted by molar-refractivity contribution is 0.247. The number of benzene rings is 2. The number of hydrogen-bond acceptors (Lipinski definition) is 4. The van der Waals surface area contributed by atoms with Crippen molar-refractivity contribution in [1.29, 1.82) is 0 Å². The van der Waals surface area contributed by atoms with Gasteiger partial charge in [0.1, 0.15) is 0 Å². The van der Waals surface area contributed by atoms with Crippen molar-refractivity contribution in [3.63, 3.8) is 0 Å². The van der Waals surface area contributed by atoms with E-state index in [9.17, 15) is 9.59 Å². The van der Waals surface area contributed by atoms with Gasteiger partial charge in [0, 0.05) is 24.5 Å². The molecular formula is C45H78N6O2. The second-order valence-corrected chi connectivity index (χ2v) is 15.0. The van der Waals surface area contributed by atoms with E-state index in [1.807, 2.05) is 36.4 Å². The van der Waals surface area contributed by atoms with Crippen molar-refractivity contribution in [2.24, 2.45) is 0 Å². The predicted octanol–water partition coefficient (Wildman–Crippen LogP) is 11.2. The van der Waals surface area contributed by atoms with Crippen LogP contribution in [0, 0.1) is 0 Å². The van der Waals surface area contributed by atoms with E-state index in [1.165, 1.54) is 116 Å². The third-order valence-electron chi connectivity index (χ3n) is 9.96. The fourth-order valence-corrected chi connectivity index (χ4v) is 6.80. The van der Waals surface area contributed by atoms with Gasteiger partial charge >= 0.3 is 12.1 Å². The Morgan fingerprint density at radius 3 is 1.17 bits per heavy atom. The quantitative estimate of drug-likeness (QED) is 0.0564. The van der Waals surface area contributed by atoms with E-state index in [-0.39, 0.29) is 12.1 Å². The first kappa shape index (κ1) is 46.1. The molecular weight excluding hydrogens is 657 g/mol. The number of hydrogen-bond donors (Lipinski definition) is 4. The molecule has 0 saturated heterocycles. The molecule has 8 heteroatoms. The Morgan fingerprint density at radius 1 is 0.453 bits per heavy atom. The molecule has 0 aliphatic carbocycles. The second kappa shape index (κ2) is 31.3. The molecule has 0 bridgehead atoms. The van der Waals surface area contributed by atoms with Crippen molar-refractivity contribution in [3.05, 3.63) is 59.7 Å². The van der Waals surface area contributed by atoms with Gasteiger partial charge in [0.2, 0.25) is 0 Å². The highest BCUT2D eigenvalue weighted by Gasteiger charge is 2.09. The van der Waals surface area contributed by atoms with Crippen LogP contribution in [-0.4, -0.2) is 74.2 Å². The molecule has 0 aliphatic heterocycles. The van der Waals surface area contributed by atoms with Crippen LogP contribution in [0.25, 0.3) is 0 Å². The van der Waals surface area contributed by atoms with E-state index >= 15 is 0 Å². The van der Waals surface area contributed by atoms with E-state index in [0.29, 0.717) is 19.5 Å². The monoisotopic (exact) mass is 735 g/mol. The third-order valence-corrected chi connectivity index (χ3v) is 9.96. The summed E-state index contributed by atoms with van der Waals surface area (Å²) in [6.45, 7) is 17.4. The molecule has 0 atom stereocenters. The van der Waals surface area contributed by atoms with Gasteiger partial charge in [0.15, 0.2) is 0 Å². The molecule has 53 heavy (non-hydrogen) atoms. The van der Waals surface area contributed by atoms with Gasteiger partial charge in [-0.15, -0.1) is 0 Å². The van der Waals surface area contributed by atoms with E-state index < -0.39 is 0 Å². The van der Waals surface area contributed by atoms with Crippen molar-refractivity contribution in [1.82, 2.24) is 20.4 Å². The average Bonchev–Trinajstić information content (AvgIpc) is 3.14. The molecule has 2 aromatic rings. The average molecular weight is 735 g/mol. The van der Waals surface area contributed by atoms with E-state index in [2.05, 4.69) is 70.9 Å². The van der Waals surface area contributed by atoms with Crippen LogP contribution in [0.15, 0.2) is 48.5 Å². The normalized spacial score (nSPS) is 11.3. The lowest BCUT2D eigenvalue weighted by Gasteiger charge is -2.22. The fourth-order valence-electron chi connectivity index (χ4n) is 6.80. The number of amides is 4. The molecule has 0 spiro atoms. The largest absolute Gasteiger partial charge is 0.338 e. The van der Waals surface area contributed by atoms with Gasteiger partial charge in [0.25, 0.3) is 0 Å². The zero-order valence-electron chi connectivity index (χ0n) is 34.4. The van der Waals surface area contributed by atoms with Crippen LogP contribution < -0.4 is 21.3 Å². The zero-order chi connectivity index (χ0) is 38.2. The summed E-state index contributed by atoms with van der Waals surface area (Å²) in [7, 11) is 0. The van der Waals surface area contributed by atoms with Crippen molar-refractivity contribution in [2.75, 3.05) is 63.0 Å². The SMILES string of the molecule is CCCCCCN(CCCCC)CCCCNC(=O)Nc1cccc(Cc2cccc(NC(=O)NCCCCN(CCCCC)CCCCCC)c2)c1. The number of urea groups is 2. The maximum atomic E-state index is 12.7. The van der Waals surface area contributed by atoms with Crippen LogP contribution in [0.1, 0.15) is 154 Å². The Balaban J connectivity index is 1.71.